The minimum absolute atomic E-state index is 0.000596. The normalized spacial score (nSPS) is 25.6. The fraction of sp³-hybridized carbons (Fsp3) is 0.529. The molecule has 2 aromatic rings. The van der Waals surface area contributed by atoms with Crippen molar-refractivity contribution >= 4 is 20.0 Å². The number of benzene rings is 2. The standard InChI is InChI=1S/C34H48O3Si/c1-11-12-28-22(2)17-26-18-31-30(19-29(26)23(28)3)24(4)32(37-38(9,10)34(5,6)7)20-33(31)36-21-25-13-15-27(35-8)16-14-25/h11-19,22,24,28,32-33H,20-21H2,1-10H3/b12-11+. The van der Waals surface area contributed by atoms with Crippen LogP contribution in [0.2, 0.25) is 18.1 Å². The molecule has 0 heterocycles. The lowest BCUT2D eigenvalue weighted by molar-refractivity contribution is -0.00950. The second-order valence-corrected chi connectivity index (χ2v) is 17.7. The van der Waals surface area contributed by atoms with E-state index in [-0.39, 0.29) is 17.2 Å². The number of allylic oxidation sites excluding steroid dienone is 2. The van der Waals surface area contributed by atoms with Crippen LogP contribution < -0.4 is 15.2 Å². The van der Waals surface area contributed by atoms with Crippen molar-refractivity contribution in [3.05, 3.63) is 75.7 Å². The molecule has 2 aromatic carbocycles. The zero-order valence-electron chi connectivity index (χ0n) is 25.2. The number of ether oxygens (including phenoxy) is 2. The van der Waals surface area contributed by atoms with E-state index in [1.54, 1.807) is 7.11 Å². The van der Waals surface area contributed by atoms with Crippen LogP contribution in [0.5, 0.6) is 5.75 Å². The first-order valence-electron chi connectivity index (χ1n) is 14.3. The third kappa shape index (κ3) is 5.73. The maximum absolute atomic E-state index is 7.09. The Hall–Kier alpha value is -2.14. The molecule has 0 amide bonds. The zero-order chi connectivity index (χ0) is 27.8. The van der Waals surface area contributed by atoms with Crippen LogP contribution in [0.3, 0.4) is 0 Å². The molecule has 3 nitrogen and oxygen atoms in total. The predicted molar refractivity (Wildman–Crippen MR) is 162 cm³/mol. The van der Waals surface area contributed by atoms with Crippen molar-refractivity contribution in [2.75, 3.05) is 7.11 Å². The largest absolute Gasteiger partial charge is 0.497 e. The molecule has 4 heteroatoms. The van der Waals surface area contributed by atoms with Gasteiger partial charge >= 0.3 is 0 Å². The van der Waals surface area contributed by atoms with Crippen molar-refractivity contribution in [2.24, 2.45) is 11.8 Å². The molecular formula is C34H48O3Si. The number of fused-ring (bicyclic) bond motifs is 2. The summed E-state index contributed by atoms with van der Waals surface area (Å²) < 4.78 is 19.1. The van der Waals surface area contributed by atoms with E-state index in [1.165, 1.54) is 27.1 Å². The summed E-state index contributed by atoms with van der Waals surface area (Å²) in [5.74, 6) is 2.11. The lowest BCUT2D eigenvalue weighted by Crippen LogP contribution is -2.47. The molecule has 38 heavy (non-hydrogen) atoms. The highest BCUT2D eigenvalue weighted by atomic mass is 28.4. The Balaban J connectivity index is 1.76. The van der Waals surface area contributed by atoms with E-state index in [2.05, 4.69) is 104 Å². The van der Waals surface area contributed by atoms with Crippen LogP contribution in [0, 0.1) is 11.8 Å². The van der Waals surface area contributed by atoms with Crippen LogP contribution in [0.15, 0.2) is 48.6 Å². The molecule has 0 aromatic heterocycles. The summed E-state index contributed by atoms with van der Waals surface area (Å²) in [5, 5.41) is 2.90. The molecule has 206 valence electrons. The summed E-state index contributed by atoms with van der Waals surface area (Å²) in [6.45, 7) is 21.4. The highest BCUT2D eigenvalue weighted by Gasteiger charge is 2.43. The van der Waals surface area contributed by atoms with Gasteiger partial charge in [0.1, 0.15) is 5.75 Å². The van der Waals surface area contributed by atoms with Crippen LogP contribution in [-0.4, -0.2) is 21.5 Å². The van der Waals surface area contributed by atoms with Crippen LogP contribution in [0.4, 0.5) is 0 Å². The zero-order valence-corrected chi connectivity index (χ0v) is 26.2. The molecule has 0 N–H and O–H groups in total. The molecule has 0 saturated carbocycles. The highest BCUT2D eigenvalue weighted by molar-refractivity contribution is 6.74. The molecule has 0 radical (unpaired) electrons. The van der Waals surface area contributed by atoms with Gasteiger partial charge < -0.3 is 13.9 Å². The predicted octanol–water partition coefficient (Wildman–Crippen LogP) is 7.64. The average molecular weight is 533 g/mol. The molecular weight excluding hydrogens is 484 g/mol. The molecule has 5 atom stereocenters. The van der Waals surface area contributed by atoms with Crippen molar-refractivity contribution in [1.29, 1.82) is 0 Å². The Morgan fingerprint density at radius 2 is 1.71 bits per heavy atom. The van der Waals surface area contributed by atoms with Crippen LogP contribution in [0.25, 0.3) is 11.6 Å². The molecule has 5 unspecified atom stereocenters. The fourth-order valence-corrected chi connectivity index (χ4v) is 7.23. The molecule has 0 aliphatic heterocycles. The smallest absolute Gasteiger partial charge is 0.192 e. The van der Waals surface area contributed by atoms with Crippen molar-refractivity contribution in [3.63, 3.8) is 0 Å². The lowest BCUT2D eigenvalue weighted by Gasteiger charge is -2.44. The van der Waals surface area contributed by atoms with Gasteiger partial charge in [-0.15, -0.1) is 0 Å². The van der Waals surface area contributed by atoms with Gasteiger partial charge in [-0.1, -0.05) is 76.6 Å². The number of hydrogen-bond acceptors (Lipinski definition) is 3. The van der Waals surface area contributed by atoms with Gasteiger partial charge in [0.05, 0.1) is 25.9 Å². The van der Waals surface area contributed by atoms with Crippen LogP contribution >= 0.6 is 0 Å². The van der Waals surface area contributed by atoms with Crippen molar-refractivity contribution in [2.45, 2.75) is 97.8 Å². The molecule has 0 saturated heterocycles. The van der Waals surface area contributed by atoms with E-state index >= 15 is 0 Å². The second kappa shape index (κ2) is 11.2. The maximum Gasteiger partial charge on any atom is 0.192 e. The SMILES string of the molecule is C/C=C/C1C(C)=c2cc3c(cc2=CC1C)C(OCc1ccc(OC)cc1)CC(O[Si](C)(C)C(C)(C)C)C3C. The third-order valence-corrected chi connectivity index (χ3v) is 13.8. The summed E-state index contributed by atoms with van der Waals surface area (Å²) in [5.41, 5.74) is 5.34. The van der Waals surface area contributed by atoms with E-state index in [9.17, 15) is 0 Å². The van der Waals surface area contributed by atoms with E-state index in [4.69, 9.17) is 13.9 Å². The fourth-order valence-electron chi connectivity index (χ4n) is 5.82. The van der Waals surface area contributed by atoms with Gasteiger partial charge in [-0.3, -0.25) is 0 Å². The number of rotatable bonds is 7. The first-order valence-corrected chi connectivity index (χ1v) is 17.2. The monoisotopic (exact) mass is 532 g/mol. The minimum Gasteiger partial charge on any atom is -0.497 e. The third-order valence-electron chi connectivity index (χ3n) is 9.29. The van der Waals surface area contributed by atoms with Gasteiger partial charge in [-0.25, -0.2) is 0 Å². The van der Waals surface area contributed by atoms with E-state index in [0.29, 0.717) is 24.4 Å². The van der Waals surface area contributed by atoms with Crippen molar-refractivity contribution < 1.29 is 13.9 Å². The van der Waals surface area contributed by atoms with Crippen molar-refractivity contribution in [1.82, 2.24) is 0 Å². The Bertz CT molecular complexity index is 1280. The van der Waals surface area contributed by atoms with E-state index in [0.717, 1.165) is 17.7 Å². The lowest BCUT2D eigenvalue weighted by atomic mass is 9.76. The molecule has 0 spiro atoms. The summed E-state index contributed by atoms with van der Waals surface area (Å²) in [6.07, 6.45) is 8.02. The quantitative estimate of drug-likeness (QED) is 0.271. The minimum atomic E-state index is -1.95. The molecule has 0 bridgehead atoms. The number of hydrogen-bond donors (Lipinski definition) is 0. The highest BCUT2D eigenvalue weighted by Crippen LogP contribution is 2.45. The number of methoxy groups -OCH3 is 1. The molecule has 0 fully saturated rings. The van der Waals surface area contributed by atoms with Gasteiger partial charge in [0.2, 0.25) is 0 Å². The molecule has 2 aliphatic rings. The molecule has 2 aliphatic carbocycles. The van der Waals surface area contributed by atoms with E-state index in [1.807, 2.05) is 12.1 Å². The summed E-state index contributed by atoms with van der Waals surface area (Å²) >= 11 is 0. The maximum atomic E-state index is 7.09. The van der Waals surface area contributed by atoms with E-state index < -0.39 is 8.32 Å². The first-order chi connectivity index (χ1) is 17.9. The topological polar surface area (TPSA) is 27.7 Å². The average Bonchev–Trinajstić information content (AvgIpc) is 2.86. The second-order valence-electron chi connectivity index (χ2n) is 12.9. The van der Waals surface area contributed by atoms with Crippen LogP contribution in [-0.2, 0) is 15.8 Å². The van der Waals surface area contributed by atoms with Gasteiger partial charge in [0.15, 0.2) is 8.32 Å². The van der Waals surface area contributed by atoms with Gasteiger partial charge in [0.25, 0.3) is 0 Å². The van der Waals surface area contributed by atoms with Gasteiger partial charge in [-0.05, 0) is 83.2 Å². The Kier molecular flexibility index (Phi) is 8.47. The summed E-state index contributed by atoms with van der Waals surface area (Å²) in [4.78, 5) is 0. The van der Waals surface area contributed by atoms with Gasteiger partial charge in [0, 0.05) is 18.3 Å². The van der Waals surface area contributed by atoms with Crippen molar-refractivity contribution in [3.8, 4) is 5.75 Å². The van der Waals surface area contributed by atoms with Crippen LogP contribution in [0.1, 0.15) is 83.6 Å². The van der Waals surface area contributed by atoms with Gasteiger partial charge in [-0.2, -0.15) is 0 Å². The first kappa shape index (κ1) is 28.9. The molecule has 4 rings (SSSR count). The Labute approximate surface area is 231 Å². The summed E-state index contributed by atoms with van der Waals surface area (Å²) in [7, 11) is -0.244. The Morgan fingerprint density at radius 1 is 1.03 bits per heavy atom. The Morgan fingerprint density at radius 3 is 2.32 bits per heavy atom. The summed E-state index contributed by atoms with van der Waals surface area (Å²) in [6, 6.07) is 13.1.